The molecule has 4 heavy (non-hydrogen) atoms. The lowest BCUT2D eigenvalue weighted by Gasteiger charge is -1.66. The molecule has 0 aliphatic rings. The molecule has 0 aliphatic heterocycles. The predicted octanol–water partition coefficient (Wildman–Crippen LogP) is 1.79. The van der Waals surface area contributed by atoms with Gasteiger partial charge in [0.2, 0.25) is 0 Å². The lowest BCUT2D eigenvalue weighted by Crippen LogP contribution is -1.54. The average molecular weight is 125 g/mol. The standard InChI is InChI=1S/C3H7Br/c1-2-3-4/h2-3H2,1H3/i3D2. The summed E-state index contributed by atoms with van der Waals surface area (Å²) in [5.74, 6) is 0. The Morgan fingerprint density at radius 1 is 2.25 bits per heavy atom. The molecule has 0 nitrogen and oxygen atoms in total. The van der Waals surface area contributed by atoms with Crippen molar-refractivity contribution in [1.82, 2.24) is 0 Å². The van der Waals surface area contributed by atoms with Crippen LogP contribution < -0.4 is 0 Å². The molecular formula is C3H7Br. The van der Waals surface area contributed by atoms with Gasteiger partial charge >= 0.3 is 0 Å². The molecule has 0 unspecified atom stereocenters. The second kappa shape index (κ2) is 3.48. The summed E-state index contributed by atoms with van der Waals surface area (Å²) in [5.41, 5.74) is 0. The predicted molar refractivity (Wildman–Crippen MR) is 24.1 cm³/mol. The van der Waals surface area contributed by atoms with Crippen LogP contribution in [-0.4, -0.2) is 5.28 Å². The molecule has 0 aromatic carbocycles. The third kappa shape index (κ3) is 2.48. The molecule has 1 heteroatoms. The number of halogens is 1. The summed E-state index contributed by atoms with van der Waals surface area (Å²) in [6.45, 7) is 1.79. The Hall–Kier alpha value is 0.480. The van der Waals surface area contributed by atoms with Crippen LogP contribution in [0.25, 0.3) is 0 Å². The van der Waals surface area contributed by atoms with Gasteiger partial charge in [-0.2, -0.15) is 0 Å². The summed E-state index contributed by atoms with van der Waals surface area (Å²) in [7, 11) is 0. The van der Waals surface area contributed by atoms with Crippen molar-refractivity contribution in [1.29, 1.82) is 0 Å². The first-order valence-electron chi connectivity index (χ1n) is 2.25. The van der Waals surface area contributed by atoms with Crippen LogP contribution in [0.5, 0.6) is 0 Å². The van der Waals surface area contributed by atoms with E-state index < -0.39 is 5.28 Å². The summed E-state index contributed by atoms with van der Waals surface area (Å²) in [4.78, 5) is 0. The lowest BCUT2D eigenvalue weighted by atomic mass is 10.6. The summed E-state index contributed by atoms with van der Waals surface area (Å²) in [6.07, 6.45) is 0.521. The van der Waals surface area contributed by atoms with Gasteiger partial charge in [-0.1, -0.05) is 22.9 Å². The number of rotatable bonds is 1. The second-order valence-corrected chi connectivity index (χ2v) is 1.05. The minimum absolute atomic E-state index is 0.521. The van der Waals surface area contributed by atoms with Crippen molar-refractivity contribution in [2.45, 2.75) is 13.3 Å². The highest BCUT2D eigenvalue weighted by Crippen LogP contribution is 1.80. The van der Waals surface area contributed by atoms with E-state index in [9.17, 15) is 0 Å². The van der Waals surface area contributed by atoms with Gasteiger partial charge < -0.3 is 0 Å². The van der Waals surface area contributed by atoms with E-state index in [1.807, 2.05) is 0 Å². The van der Waals surface area contributed by atoms with Crippen molar-refractivity contribution < 1.29 is 2.74 Å². The molecule has 0 fully saturated rings. The highest BCUT2D eigenvalue weighted by Gasteiger charge is 1.58. The molecule has 0 saturated heterocycles. The van der Waals surface area contributed by atoms with Crippen LogP contribution in [0.3, 0.4) is 0 Å². The Balaban J connectivity index is 3.17. The fraction of sp³-hybridized carbons (Fsp3) is 1.00. The van der Waals surface area contributed by atoms with E-state index in [0.29, 0.717) is 6.42 Å². The van der Waals surface area contributed by atoms with Gasteiger partial charge in [0.1, 0.15) is 0 Å². The first-order valence-corrected chi connectivity index (χ1v) is 2.04. The van der Waals surface area contributed by atoms with Crippen LogP contribution in [0.1, 0.15) is 16.1 Å². The van der Waals surface area contributed by atoms with Crippen molar-refractivity contribution in [2.24, 2.45) is 0 Å². The topological polar surface area (TPSA) is 0 Å². The Labute approximate surface area is 38.1 Å². The molecule has 0 atom stereocenters. The van der Waals surface area contributed by atoms with Crippen molar-refractivity contribution in [2.75, 3.05) is 5.28 Å². The van der Waals surface area contributed by atoms with E-state index in [0.717, 1.165) is 0 Å². The number of alkyl halides is 1. The highest BCUT2D eigenvalue weighted by molar-refractivity contribution is 9.09. The summed E-state index contributed by atoms with van der Waals surface area (Å²) in [5, 5.41) is -1.15. The number of hydrogen-bond donors (Lipinski definition) is 0. The van der Waals surface area contributed by atoms with Gasteiger partial charge in [0.15, 0.2) is 0 Å². The molecule has 0 aromatic heterocycles. The third-order valence-electron chi connectivity index (χ3n) is 0.134. The maximum absolute atomic E-state index is 6.76. The second-order valence-electron chi connectivity index (χ2n) is 0.487. The van der Waals surface area contributed by atoms with Gasteiger partial charge in [-0.25, -0.2) is 0 Å². The Kier molecular flexibility index (Phi) is 1.57. The van der Waals surface area contributed by atoms with Crippen molar-refractivity contribution in [3.8, 4) is 0 Å². The molecule has 0 aliphatic carbocycles. The average Bonchev–Trinajstić information content (AvgIpc) is 1.35. The van der Waals surface area contributed by atoms with Gasteiger partial charge in [-0.3, -0.25) is 0 Å². The Morgan fingerprint density at radius 2 is 2.50 bits per heavy atom. The molecule has 0 heterocycles. The van der Waals surface area contributed by atoms with E-state index in [1.165, 1.54) is 0 Å². The normalized spacial score (nSPS) is 18.5. The van der Waals surface area contributed by atoms with E-state index in [1.54, 1.807) is 6.92 Å². The minimum atomic E-state index is -1.15. The molecule has 0 rings (SSSR count). The zero-order chi connectivity index (χ0) is 5.21. The van der Waals surface area contributed by atoms with Gasteiger partial charge in [-0.05, 0) is 6.42 Å². The van der Waals surface area contributed by atoms with Crippen LogP contribution >= 0.6 is 15.9 Å². The summed E-state index contributed by atoms with van der Waals surface area (Å²) >= 11 is 2.81. The van der Waals surface area contributed by atoms with E-state index in [4.69, 9.17) is 2.74 Å². The van der Waals surface area contributed by atoms with Crippen molar-refractivity contribution >= 4 is 15.9 Å². The Morgan fingerprint density at radius 3 is 2.50 bits per heavy atom. The fourth-order valence-electron chi connectivity index (χ4n) is 0. The van der Waals surface area contributed by atoms with Gasteiger partial charge in [0.05, 0.1) is 0 Å². The molecule has 0 saturated carbocycles. The van der Waals surface area contributed by atoms with E-state index in [2.05, 4.69) is 15.9 Å². The zero-order valence-electron chi connectivity index (χ0n) is 4.59. The largest absolute Gasteiger partial charge is 0.0928 e. The van der Waals surface area contributed by atoms with Gasteiger partial charge in [0.25, 0.3) is 0 Å². The molecule has 0 N–H and O–H groups in total. The fourth-order valence-corrected chi connectivity index (χ4v) is 0. The molecule has 0 aromatic rings. The summed E-state index contributed by atoms with van der Waals surface area (Å²) < 4.78 is 13.5. The van der Waals surface area contributed by atoms with Crippen LogP contribution in [0.2, 0.25) is 0 Å². The van der Waals surface area contributed by atoms with Gasteiger partial charge in [-0.15, -0.1) is 0 Å². The number of hydrogen-bond acceptors (Lipinski definition) is 0. The molecule has 0 radical (unpaired) electrons. The SMILES string of the molecule is [2H]C([2H])(Br)CC. The first kappa shape index (κ1) is 1.81. The minimum Gasteiger partial charge on any atom is -0.0928 e. The van der Waals surface area contributed by atoms with E-state index in [-0.39, 0.29) is 0 Å². The Bertz CT molecular complexity index is 38.5. The molecule has 26 valence electrons. The zero-order valence-corrected chi connectivity index (χ0v) is 4.17. The first-order chi connectivity index (χ1) is 2.56. The maximum Gasteiger partial charge on any atom is 0.0386 e. The van der Waals surface area contributed by atoms with Crippen LogP contribution in [-0.2, 0) is 0 Å². The molecular weight excluding hydrogens is 116 g/mol. The van der Waals surface area contributed by atoms with Crippen molar-refractivity contribution in [3.63, 3.8) is 0 Å². The van der Waals surface area contributed by atoms with Crippen LogP contribution in [0.4, 0.5) is 0 Å². The summed E-state index contributed by atoms with van der Waals surface area (Å²) in [6, 6.07) is 0. The maximum atomic E-state index is 6.76. The quantitative estimate of drug-likeness (QED) is 0.468. The molecule has 0 spiro atoms. The smallest absolute Gasteiger partial charge is 0.0386 e. The van der Waals surface area contributed by atoms with Gasteiger partial charge in [0, 0.05) is 8.02 Å². The van der Waals surface area contributed by atoms with Crippen LogP contribution in [0.15, 0.2) is 0 Å². The third-order valence-corrected chi connectivity index (χ3v) is 0.694. The van der Waals surface area contributed by atoms with E-state index >= 15 is 0 Å². The van der Waals surface area contributed by atoms with Crippen molar-refractivity contribution in [3.05, 3.63) is 0 Å². The molecule has 0 bridgehead atoms. The lowest BCUT2D eigenvalue weighted by molar-refractivity contribution is 1.12. The molecule has 0 amide bonds. The highest BCUT2D eigenvalue weighted by atomic mass is 79.9. The monoisotopic (exact) mass is 124 g/mol. The van der Waals surface area contributed by atoms with Crippen LogP contribution in [0, 0.1) is 0 Å².